The molecule has 0 aromatic carbocycles. The molecule has 0 saturated heterocycles. The first-order chi connectivity index (χ1) is 9.46. The van der Waals surface area contributed by atoms with Gasteiger partial charge in [0.1, 0.15) is 11.2 Å². The molecule has 1 rings (SSSR count). The molecule has 0 atom stereocenters. The fourth-order valence-electron chi connectivity index (χ4n) is 1.24. The van der Waals surface area contributed by atoms with E-state index in [9.17, 15) is 22.8 Å². The fraction of sp³-hybridized carbons (Fsp3) is 0.417. The van der Waals surface area contributed by atoms with E-state index in [0.29, 0.717) is 0 Å². The third-order valence-electron chi connectivity index (χ3n) is 2.97. The van der Waals surface area contributed by atoms with Crippen LogP contribution in [-0.2, 0) is 11.0 Å². The standard InChI is InChI=1S/C12H14F3N3O3/c1-11(2,9(19)20)18(3)10(21)17-7-4-5-8(16-6-7)12(13,14)15/h4-6H,1-3H3,(H,17,21)(H,19,20). The van der Waals surface area contributed by atoms with Crippen LogP contribution in [0.3, 0.4) is 0 Å². The average Bonchev–Trinajstić information content (AvgIpc) is 2.37. The number of likely N-dealkylation sites (N-methyl/N-ethyl adjacent to an activating group) is 1. The molecule has 0 fully saturated rings. The van der Waals surface area contributed by atoms with E-state index in [1.807, 2.05) is 0 Å². The Morgan fingerprint density at radius 2 is 1.86 bits per heavy atom. The molecule has 0 radical (unpaired) electrons. The zero-order chi connectivity index (χ0) is 16.4. The van der Waals surface area contributed by atoms with Crippen molar-refractivity contribution >= 4 is 17.7 Å². The first kappa shape index (κ1) is 16.7. The zero-order valence-corrected chi connectivity index (χ0v) is 11.5. The number of aliphatic carboxylic acids is 1. The summed E-state index contributed by atoms with van der Waals surface area (Å²) in [6, 6.07) is 0.983. The molecule has 0 unspecified atom stereocenters. The molecule has 9 heteroatoms. The highest BCUT2D eigenvalue weighted by molar-refractivity contribution is 5.93. The summed E-state index contributed by atoms with van der Waals surface area (Å²) < 4.78 is 37.0. The van der Waals surface area contributed by atoms with Crippen LogP contribution < -0.4 is 5.32 Å². The van der Waals surface area contributed by atoms with Gasteiger partial charge in [0.2, 0.25) is 0 Å². The minimum absolute atomic E-state index is 0.0287. The molecule has 116 valence electrons. The second kappa shape index (κ2) is 5.58. The number of carboxylic acid groups (broad SMARTS) is 1. The Bertz CT molecular complexity index is 541. The van der Waals surface area contributed by atoms with Crippen LogP contribution in [0.4, 0.5) is 23.7 Å². The van der Waals surface area contributed by atoms with Crippen molar-refractivity contribution in [2.45, 2.75) is 25.6 Å². The lowest BCUT2D eigenvalue weighted by atomic mass is 10.1. The van der Waals surface area contributed by atoms with Crippen molar-refractivity contribution in [1.82, 2.24) is 9.88 Å². The van der Waals surface area contributed by atoms with Gasteiger partial charge in [-0.05, 0) is 26.0 Å². The lowest BCUT2D eigenvalue weighted by Crippen LogP contribution is -2.52. The molecule has 0 aliphatic heterocycles. The molecule has 0 aliphatic rings. The third kappa shape index (κ3) is 3.83. The number of nitrogens with zero attached hydrogens (tertiary/aromatic N) is 2. The van der Waals surface area contributed by atoms with E-state index in [4.69, 9.17) is 5.11 Å². The van der Waals surface area contributed by atoms with Gasteiger partial charge >= 0.3 is 18.2 Å². The van der Waals surface area contributed by atoms with Crippen molar-refractivity contribution in [1.29, 1.82) is 0 Å². The maximum Gasteiger partial charge on any atom is 0.433 e. The van der Waals surface area contributed by atoms with Crippen LogP contribution in [0.15, 0.2) is 18.3 Å². The summed E-state index contributed by atoms with van der Waals surface area (Å²) in [6.07, 6.45) is -3.72. The molecule has 1 aromatic heterocycles. The first-order valence-electron chi connectivity index (χ1n) is 5.77. The number of carboxylic acids is 1. The second-order valence-electron chi connectivity index (χ2n) is 4.78. The van der Waals surface area contributed by atoms with Gasteiger partial charge in [-0.3, -0.25) is 0 Å². The van der Waals surface area contributed by atoms with Gasteiger partial charge in [-0.25, -0.2) is 14.6 Å². The number of anilines is 1. The Kier molecular flexibility index (Phi) is 4.45. The van der Waals surface area contributed by atoms with Gasteiger partial charge in [0.25, 0.3) is 0 Å². The van der Waals surface area contributed by atoms with E-state index in [1.165, 1.54) is 20.9 Å². The highest BCUT2D eigenvalue weighted by atomic mass is 19.4. The topological polar surface area (TPSA) is 82.5 Å². The summed E-state index contributed by atoms with van der Waals surface area (Å²) in [5.41, 5.74) is -2.52. The number of nitrogens with one attached hydrogen (secondary N) is 1. The normalized spacial score (nSPS) is 11.9. The molecular formula is C12H14F3N3O3. The molecule has 0 aliphatic carbocycles. The zero-order valence-electron chi connectivity index (χ0n) is 11.5. The van der Waals surface area contributed by atoms with Crippen molar-refractivity contribution in [3.8, 4) is 0 Å². The first-order valence-corrected chi connectivity index (χ1v) is 5.77. The highest BCUT2D eigenvalue weighted by Gasteiger charge is 2.35. The van der Waals surface area contributed by atoms with Crippen molar-refractivity contribution in [3.63, 3.8) is 0 Å². The summed E-state index contributed by atoms with van der Waals surface area (Å²) in [6.45, 7) is 2.64. The van der Waals surface area contributed by atoms with Crippen LogP contribution >= 0.6 is 0 Å². The molecule has 2 amide bonds. The lowest BCUT2D eigenvalue weighted by molar-refractivity contribution is -0.146. The number of amides is 2. The van der Waals surface area contributed by atoms with Gasteiger partial charge in [-0.2, -0.15) is 13.2 Å². The van der Waals surface area contributed by atoms with E-state index in [0.717, 1.165) is 23.2 Å². The van der Waals surface area contributed by atoms with Crippen molar-refractivity contribution in [2.24, 2.45) is 0 Å². The van der Waals surface area contributed by atoms with Gasteiger partial charge < -0.3 is 15.3 Å². The number of carbonyl (C=O) groups excluding carboxylic acids is 1. The van der Waals surface area contributed by atoms with Crippen LogP contribution in [0.25, 0.3) is 0 Å². The van der Waals surface area contributed by atoms with E-state index < -0.39 is 29.4 Å². The second-order valence-corrected chi connectivity index (χ2v) is 4.78. The molecular weight excluding hydrogens is 291 g/mol. The Hall–Kier alpha value is -2.32. The van der Waals surface area contributed by atoms with Gasteiger partial charge in [-0.1, -0.05) is 0 Å². The molecule has 0 saturated carbocycles. The average molecular weight is 305 g/mol. The van der Waals surface area contributed by atoms with Crippen LogP contribution in [0.5, 0.6) is 0 Å². The van der Waals surface area contributed by atoms with Crippen molar-refractivity contribution in [3.05, 3.63) is 24.0 Å². The van der Waals surface area contributed by atoms with E-state index >= 15 is 0 Å². The Morgan fingerprint density at radius 1 is 1.29 bits per heavy atom. The maximum absolute atomic E-state index is 12.3. The minimum Gasteiger partial charge on any atom is -0.480 e. The minimum atomic E-state index is -4.56. The smallest absolute Gasteiger partial charge is 0.433 e. The number of pyridine rings is 1. The number of aromatic nitrogens is 1. The number of hydrogen-bond acceptors (Lipinski definition) is 3. The molecule has 0 spiro atoms. The Balaban J connectivity index is 2.82. The van der Waals surface area contributed by atoms with Gasteiger partial charge in [0.05, 0.1) is 11.9 Å². The largest absolute Gasteiger partial charge is 0.480 e. The summed E-state index contributed by atoms with van der Waals surface area (Å²) in [5.74, 6) is -1.22. The number of urea groups is 1. The van der Waals surface area contributed by atoms with Crippen molar-refractivity contribution in [2.75, 3.05) is 12.4 Å². The quantitative estimate of drug-likeness (QED) is 0.898. The summed E-state index contributed by atoms with van der Waals surface area (Å²) in [7, 11) is 1.26. The number of alkyl halides is 3. The number of carbonyl (C=O) groups is 2. The SMILES string of the molecule is CN(C(=O)Nc1ccc(C(F)(F)F)nc1)C(C)(C)C(=O)O. The van der Waals surface area contributed by atoms with Gasteiger partial charge in [-0.15, -0.1) is 0 Å². The highest BCUT2D eigenvalue weighted by Crippen LogP contribution is 2.27. The monoisotopic (exact) mass is 305 g/mol. The van der Waals surface area contributed by atoms with E-state index in [-0.39, 0.29) is 5.69 Å². The van der Waals surface area contributed by atoms with Crippen LogP contribution in [0.1, 0.15) is 19.5 Å². The van der Waals surface area contributed by atoms with Crippen molar-refractivity contribution < 1.29 is 27.9 Å². The number of rotatable bonds is 3. The van der Waals surface area contributed by atoms with E-state index in [2.05, 4.69) is 10.3 Å². The Morgan fingerprint density at radius 3 is 2.24 bits per heavy atom. The third-order valence-corrected chi connectivity index (χ3v) is 2.97. The van der Waals surface area contributed by atoms with Crippen LogP contribution in [0.2, 0.25) is 0 Å². The maximum atomic E-state index is 12.3. The van der Waals surface area contributed by atoms with E-state index in [1.54, 1.807) is 0 Å². The molecule has 2 N–H and O–H groups in total. The predicted molar refractivity (Wildman–Crippen MR) is 67.7 cm³/mol. The van der Waals surface area contributed by atoms with Crippen LogP contribution in [-0.4, -0.2) is 39.6 Å². The molecule has 6 nitrogen and oxygen atoms in total. The number of halogens is 3. The summed E-state index contributed by atoms with van der Waals surface area (Å²) >= 11 is 0. The Labute approximate surface area is 118 Å². The molecule has 1 heterocycles. The molecule has 1 aromatic rings. The van der Waals surface area contributed by atoms with Gasteiger partial charge in [0.15, 0.2) is 0 Å². The lowest BCUT2D eigenvalue weighted by Gasteiger charge is -2.31. The fourth-order valence-corrected chi connectivity index (χ4v) is 1.24. The predicted octanol–water partition coefficient (Wildman–Crippen LogP) is 2.43. The number of hydrogen-bond donors (Lipinski definition) is 2. The van der Waals surface area contributed by atoms with Crippen LogP contribution in [0, 0.1) is 0 Å². The summed E-state index contributed by atoms with van der Waals surface area (Å²) in [5, 5.41) is 11.3. The summed E-state index contributed by atoms with van der Waals surface area (Å²) in [4.78, 5) is 27.0. The van der Waals surface area contributed by atoms with Gasteiger partial charge in [0, 0.05) is 7.05 Å². The molecule has 0 bridgehead atoms. The molecule has 21 heavy (non-hydrogen) atoms.